The molecule has 4 N–H and O–H groups in total. The van der Waals surface area contributed by atoms with Crippen LogP contribution in [0.5, 0.6) is 5.75 Å². The fraction of sp³-hybridized carbons (Fsp3) is 0.438. The molecule has 0 saturated carbocycles. The summed E-state index contributed by atoms with van der Waals surface area (Å²) in [6.07, 6.45) is 0.547. The van der Waals surface area contributed by atoms with Crippen molar-refractivity contribution in [2.75, 3.05) is 13.2 Å². The van der Waals surface area contributed by atoms with Gasteiger partial charge in [0.05, 0.1) is 0 Å². The Morgan fingerprint density at radius 1 is 0.872 bits per heavy atom. The van der Waals surface area contributed by atoms with Gasteiger partial charge >= 0.3 is 11.9 Å². The van der Waals surface area contributed by atoms with Crippen molar-refractivity contribution in [3.8, 4) is 17.6 Å². The molecule has 0 aliphatic rings. The van der Waals surface area contributed by atoms with Gasteiger partial charge in [0.1, 0.15) is 18.5 Å². The van der Waals surface area contributed by atoms with E-state index in [4.69, 9.17) is 14.9 Å². The van der Waals surface area contributed by atoms with Crippen LogP contribution in [0.4, 0.5) is 0 Å². The van der Waals surface area contributed by atoms with Crippen molar-refractivity contribution in [2.45, 2.75) is 78.4 Å². The molecule has 0 spiro atoms. The molecule has 0 amide bonds. The standard InChI is InChI=1S/C28H39NO2.C4H4O4/c1-20(2)29-18-23(30)19-31-26-24(27(3,4)5)16-22(17-25(26)28(6,7)8)15-14-21-12-10-9-11-13-21;5-3(6)1-2-4(7)8/h9-13,16-17,20,23,29-30H,18-19H2,1-8H3;1-2H,(H,5,6)(H,7,8)/b;2-1-. The molecule has 39 heavy (non-hydrogen) atoms. The van der Waals surface area contributed by atoms with Gasteiger partial charge in [-0.1, -0.05) is 85.4 Å². The molecule has 7 nitrogen and oxygen atoms in total. The van der Waals surface area contributed by atoms with Crippen molar-refractivity contribution >= 4 is 11.9 Å². The molecular weight excluding hydrogens is 494 g/mol. The molecule has 212 valence electrons. The zero-order chi connectivity index (χ0) is 29.8. The minimum absolute atomic E-state index is 0.124. The summed E-state index contributed by atoms with van der Waals surface area (Å²) in [5, 5.41) is 29.3. The summed E-state index contributed by atoms with van der Waals surface area (Å²) < 4.78 is 6.29. The predicted molar refractivity (Wildman–Crippen MR) is 155 cm³/mol. The van der Waals surface area contributed by atoms with Crippen LogP contribution in [0.2, 0.25) is 0 Å². The van der Waals surface area contributed by atoms with Crippen LogP contribution in [0, 0.1) is 11.8 Å². The van der Waals surface area contributed by atoms with Crippen molar-refractivity contribution in [3.05, 3.63) is 76.9 Å². The van der Waals surface area contributed by atoms with Gasteiger partial charge in [0.15, 0.2) is 0 Å². The predicted octanol–water partition coefficient (Wildman–Crippen LogP) is 5.13. The monoisotopic (exact) mass is 537 g/mol. The Morgan fingerprint density at radius 3 is 1.74 bits per heavy atom. The van der Waals surface area contributed by atoms with Crippen LogP contribution < -0.4 is 10.1 Å². The second-order valence-electron chi connectivity index (χ2n) is 11.6. The zero-order valence-corrected chi connectivity index (χ0v) is 24.3. The Kier molecular flexibility index (Phi) is 12.9. The molecule has 0 heterocycles. The molecule has 0 fully saturated rings. The van der Waals surface area contributed by atoms with Gasteiger partial charge < -0.3 is 25.4 Å². The second kappa shape index (κ2) is 15.1. The zero-order valence-electron chi connectivity index (χ0n) is 24.3. The highest BCUT2D eigenvalue weighted by molar-refractivity contribution is 5.89. The number of ether oxygens (including phenoxy) is 1. The van der Waals surface area contributed by atoms with Crippen LogP contribution in [-0.4, -0.2) is 52.6 Å². The average Bonchev–Trinajstić information content (AvgIpc) is 2.83. The van der Waals surface area contributed by atoms with Crippen molar-refractivity contribution in [2.24, 2.45) is 0 Å². The van der Waals surface area contributed by atoms with Gasteiger partial charge in [-0.05, 0) is 35.1 Å². The number of benzene rings is 2. The third-order valence-corrected chi connectivity index (χ3v) is 5.38. The molecule has 0 aromatic heterocycles. The fourth-order valence-corrected chi connectivity index (χ4v) is 3.39. The van der Waals surface area contributed by atoms with Crippen LogP contribution in [0.3, 0.4) is 0 Å². The third kappa shape index (κ3) is 13.2. The molecule has 0 saturated heterocycles. The summed E-state index contributed by atoms with van der Waals surface area (Å²) >= 11 is 0. The average molecular weight is 538 g/mol. The lowest BCUT2D eigenvalue weighted by molar-refractivity contribution is -0.134. The topological polar surface area (TPSA) is 116 Å². The first-order valence-corrected chi connectivity index (χ1v) is 12.9. The smallest absolute Gasteiger partial charge is 0.328 e. The third-order valence-electron chi connectivity index (χ3n) is 5.38. The van der Waals surface area contributed by atoms with E-state index in [0.717, 1.165) is 28.0 Å². The van der Waals surface area contributed by atoms with Crippen LogP contribution >= 0.6 is 0 Å². The quantitative estimate of drug-likeness (QED) is 0.272. The Bertz CT molecular complexity index is 1120. The number of rotatable bonds is 8. The Labute approximate surface area is 232 Å². The molecule has 2 rings (SSSR count). The van der Waals surface area contributed by atoms with E-state index in [1.165, 1.54) is 0 Å². The molecule has 0 radical (unpaired) electrons. The first-order valence-electron chi connectivity index (χ1n) is 12.9. The summed E-state index contributed by atoms with van der Waals surface area (Å²) in [4.78, 5) is 19.1. The largest absolute Gasteiger partial charge is 0.490 e. The number of aliphatic hydroxyl groups excluding tert-OH is 1. The number of nitrogens with one attached hydrogen (secondary N) is 1. The van der Waals surface area contributed by atoms with E-state index in [2.05, 4.69) is 84.7 Å². The maximum absolute atomic E-state index is 10.4. The first-order chi connectivity index (χ1) is 18.0. The van der Waals surface area contributed by atoms with Gasteiger partial charge in [-0.25, -0.2) is 9.59 Å². The number of aliphatic carboxylic acids is 2. The molecule has 2 aromatic carbocycles. The van der Waals surface area contributed by atoms with Gasteiger partial charge in [0.25, 0.3) is 0 Å². The lowest BCUT2D eigenvalue weighted by atomic mass is 9.78. The highest BCUT2D eigenvalue weighted by Gasteiger charge is 2.28. The molecule has 1 atom stereocenters. The SMILES string of the molecule is CC(C)NCC(O)COc1c(C(C)(C)C)cc(C#Cc2ccccc2)cc1C(C)(C)C.O=C(O)/C=C\C(=O)O. The van der Waals surface area contributed by atoms with Crippen LogP contribution in [0.15, 0.2) is 54.6 Å². The summed E-state index contributed by atoms with van der Waals surface area (Å²) in [5.74, 6) is 4.98. The highest BCUT2D eigenvalue weighted by Crippen LogP contribution is 2.40. The molecule has 7 heteroatoms. The van der Waals surface area contributed by atoms with E-state index in [-0.39, 0.29) is 17.4 Å². The van der Waals surface area contributed by atoms with Gasteiger partial charge in [-0.3, -0.25) is 0 Å². The van der Waals surface area contributed by atoms with E-state index in [0.29, 0.717) is 24.7 Å². The Morgan fingerprint density at radius 2 is 1.33 bits per heavy atom. The van der Waals surface area contributed by atoms with E-state index in [1.807, 2.05) is 30.3 Å². The number of hydrogen-bond donors (Lipinski definition) is 4. The minimum atomic E-state index is -1.26. The van der Waals surface area contributed by atoms with Gasteiger partial charge in [-0.2, -0.15) is 0 Å². The molecule has 2 aromatic rings. The normalized spacial score (nSPS) is 12.3. The number of carboxylic acids is 2. The van der Waals surface area contributed by atoms with E-state index >= 15 is 0 Å². The lowest BCUT2D eigenvalue weighted by Gasteiger charge is -2.30. The van der Waals surface area contributed by atoms with Gasteiger partial charge in [-0.15, -0.1) is 0 Å². The van der Waals surface area contributed by atoms with E-state index < -0.39 is 18.0 Å². The first kappa shape index (κ1) is 33.4. The summed E-state index contributed by atoms with van der Waals surface area (Å²) in [6.45, 7) is 18.0. The minimum Gasteiger partial charge on any atom is -0.490 e. The summed E-state index contributed by atoms with van der Waals surface area (Å²) in [5.41, 5.74) is 3.95. The van der Waals surface area contributed by atoms with Gasteiger partial charge in [0, 0.05) is 47.0 Å². The summed E-state index contributed by atoms with van der Waals surface area (Å²) in [6, 6.07) is 14.6. The molecule has 0 aliphatic carbocycles. The number of aliphatic hydroxyl groups is 1. The second-order valence-corrected chi connectivity index (χ2v) is 11.6. The van der Waals surface area contributed by atoms with Crippen molar-refractivity contribution < 1.29 is 29.6 Å². The Balaban J connectivity index is 0.000000824. The van der Waals surface area contributed by atoms with Crippen molar-refractivity contribution in [3.63, 3.8) is 0 Å². The summed E-state index contributed by atoms with van der Waals surface area (Å²) in [7, 11) is 0. The van der Waals surface area contributed by atoms with Crippen molar-refractivity contribution in [1.29, 1.82) is 0 Å². The lowest BCUT2D eigenvalue weighted by Crippen LogP contribution is -2.35. The molecule has 0 aliphatic heterocycles. The molecular formula is C32H43NO6. The van der Waals surface area contributed by atoms with E-state index in [1.54, 1.807) is 0 Å². The number of carboxylic acid groups (broad SMARTS) is 2. The highest BCUT2D eigenvalue weighted by atomic mass is 16.5. The maximum Gasteiger partial charge on any atom is 0.328 e. The van der Waals surface area contributed by atoms with Crippen LogP contribution in [-0.2, 0) is 20.4 Å². The van der Waals surface area contributed by atoms with Gasteiger partial charge in [0.2, 0.25) is 0 Å². The molecule has 1 unspecified atom stereocenters. The number of carbonyl (C=O) groups is 2. The Hall–Kier alpha value is -3.60. The number of hydrogen-bond acceptors (Lipinski definition) is 5. The van der Waals surface area contributed by atoms with E-state index in [9.17, 15) is 14.7 Å². The maximum atomic E-state index is 10.4. The fourth-order valence-electron chi connectivity index (χ4n) is 3.39. The van der Waals surface area contributed by atoms with Crippen LogP contribution in [0.1, 0.15) is 77.6 Å². The van der Waals surface area contributed by atoms with Crippen LogP contribution in [0.25, 0.3) is 0 Å². The van der Waals surface area contributed by atoms with Crippen molar-refractivity contribution in [1.82, 2.24) is 5.32 Å². The molecule has 0 bridgehead atoms.